The Morgan fingerprint density at radius 2 is 1.71 bits per heavy atom. The van der Waals surface area contributed by atoms with E-state index < -0.39 is 0 Å². The third-order valence-electron chi connectivity index (χ3n) is 12.7. The first-order valence-electron chi connectivity index (χ1n) is 15.6. The van der Waals surface area contributed by atoms with Gasteiger partial charge in [0.25, 0.3) is 0 Å². The van der Waals surface area contributed by atoms with Crippen LogP contribution >= 0.6 is 0 Å². The summed E-state index contributed by atoms with van der Waals surface area (Å²) in [7, 11) is 0. The van der Waals surface area contributed by atoms with Crippen LogP contribution in [0.4, 0.5) is 5.82 Å². The van der Waals surface area contributed by atoms with Gasteiger partial charge in [0.1, 0.15) is 5.82 Å². The van der Waals surface area contributed by atoms with Crippen molar-refractivity contribution in [1.29, 1.82) is 0 Å². The zero-order valence-corrected chi connectivity index (χ0v) is 24.8. The number of allylic oxidation sites excluding steroid dienone is 4. The summed E-state index contributed by atoms with van der Waals surface area (Å²) in [6, 6.07) is 6.84. The Morgan fingerprint density at radius 1 is 0.947 bits per heavy atom. The number of fused-ring (bicyclic) bond motifs is 4. The van der Waals surface area contributed by atoms with E-state index in [9.17, 15) is 5.11 Å². The van der Waals surface area contributed by atoms with Gasteiger partial charge in [0.15, 0.2) is 0 Å². The smallest absolute Gasteiger partial charge is 0.128 e. The predicted octanol–water partition coefficient (Wildman–Crippen LogP) is 6.87. The van der Waals surface area contributed by atoms with Crippen LogP contribution in [0.3, 0.4) is 0 Å². The SMILES string of the molecule is CC([C@@H](C)[C@H]1CC=C2C3=C(CC[C@@]21C)[C@@]1(C)CC[C@H](O)C(C)(C)[C@@H]1CC3)N1CCN(c2ccccn2)CC1. The highest BCUT2D eigenvalue weighted by atomic mass is 16.3. The molecule has 1 aromatic rings. The van der Waals surface area contributed by atoms with Crippen molar-refractivity contribution in [1.82, 2.24) is 9.88 Å². The van der Waals surface area contributed by atoms with Crippen molar-refractivity contribution in [3.8, 4) is 0 Å². The van der Waals surface area contributed by atoms with Crippen molar-refractivity contribution in [2.45, 2.75) is 98.6 Å². The molecule has 5 aliphatic rings. The summed E-state index contributed by atoms with van der Waals surface area (Å²) < 4.78 is 0. The number of aliphatic hydroxyl groups excluding tert-OH is 1. The number of hydrogen-bond donors (Lipinski definition) is 1. The Kier molecular flexibility index (Phi) is 6.62. The van der Waals surface area contributed by atoms with E-state index >= 15 is 0 Å². The maximum Gasteiger partial charge on any atom is 0.128 e. The molecule has 2 fully saturated rings. The molecule has 0 radical (unpaired) electrons. The Bertz CT molecular complexity index is 1100. The van der Waals surface area contributed by atoms with Crippen LogP contribution in [0.5, 0.6) is 0 Å². The summed E-state index contributed by atoms with van der Waals surface area (Å²) in [6.45, 7) is 19.3. The summed E-state index contributed by atoms with van der Waals surface area (Å²) in [4.78, 5) is 9.78. The normalized spacial score (nSPS) is 38.7. The predicted molar refractivity (Wildman–Crippen MR) is 157 cm³/mol. The molecule has 0 amide bonds. The molecule has 1 aromatic heterocycles. The fourth-order valence-electron chi connectivity index (χ4n) is 10.1. The molecular weight excluding hydrogens is 466 g/mol. The van der Waals surface area contributed by atoms with E-state index in [4.69, 9.17) is 0 Å². The highest BCUT2D eigenvalue weighted by Crippen LogP contribution is 2.66. The van der Waals surface area contributed by atoms with E-state index in [1.165, 1.54) is 32.1 Å². The van der Waals surface area contributed by atoms with Crippen LogP contribution in [0.25, 0.3) is 0 Å². The van der Waals surface area contributed by atoms with Crippen LogP contribution < -0.4 is 4.90 Å². The van der Waals surface area contributed by atoms with Gasteiger partial charge in [-0.15, -0.1) is 0 Å². The highest BCUT2D eigenvalue weighted by molar-refractivity contribution is 5.50. The van der Waals surface area contributed by atoms with E-state index in [1.54, 1.807) is 16.7 Å². The van der Waals surface area contributed by atoms with Gasteiger partial charge in [-0.25, -0.2) is 4.98 Å². The Balaban J connectivity index is 1.17. The summed E-state index contributed by atoms with van der Waals surface area (Å²) in [5.41, 5.74) is 5.85. The number of anilines is 1. The molecular formula is C34H51N3O. The molecule has 0 bridgehead atoms. The lowest BCUT2D eigenvalue weighted by Gasteiger charge is -2.59. The summed E-state index contributed by atoms with van der Waals surface area (Å²) in [5.74, 6) is 3.12. The molecule has 1 aliphatic heterocycles. The average molecular weight is 518 g/mol. The van der Waals surface area contributed by atoms with Crippen molar-refractivity contribution >= 4 is 5.82 Å². The van der Waals surface area contributed by atoms with E-state index in [0.717, 1.165) is 50.8 Å². The fraction of sp³-hybridized carbons (Fsp3) is 0.735. The van der Waals surface area contributed by atoms with Gasteiger partial charge in [-0.2, -0.15) is 0 Å². The molecule has 4 nitrogen and oxygen atoms in total. The number of hydrogen-bond acceptors (Lipinski definition) is 4. The van der Waals surface area contributed by atoms with E-state index in [2.05, 4.69) is 74.5 Å². The maximum absolute atomic E-state index is 10.9. The second kappa shape index (κ2) is 9.47. The van der Waals surface area contributed by atoms with Crippen molar-refractivity contribution in [3.63, 3.8) is 0 Å². The molecule has 4 heteroatoms. The van der Waals surface area contributed by atoms with Gasteiger partial charge in [-0.1, -0.05) is 52.3 Å². The molecule has 208 valence electrons. The van der Waals surface area contributed by atoms with E-state index in [1.807, 2.05) is 12.3 Å². The standard InChI is InChI=1S/C34H51N3O/c1-23(24(2)36-19-21-37(22-20-36)31-9-7-8-18-35-31)26-11-12-27-25-10-13-29-32(3,4)30(38)15-17-34(29,6)28(25)14-16-33(26,27)5/h7-9,12,18,23-24,26,29-30,38H,10-11,13-17,19-22H2,1-6H3/t23-,24?,26-,29+,30+,33-,34-/m1/s1. The fourth-order valence-corrected chi connectivity index (χ4v) is 10.1. The molecule has 4 aliphatic carbocycles. The quantitative estimate of drug-likeness (QED) is 0.473. The van der Waals surface area contributed by atoms with Crippen LogP contribution in [0.2, 0.25) is 0 Å². The van der Waals surface area contributed by atoms with Gasteiger partial charge in [-0.3, -0.25) is 4.90 Å². The molecule has 2 heterocycles. The third-order valence-corrected chi connectivity index (χ3v) is 12.7. The number of aliphatic hydroxyl groups is 1. The molecule has 1 saturated carbocycles. The average Bonchev–Trinajstić information content (AvgIpc) is 3.28. The number of piperazine rings is 1. The van der Waals surface area contributed by atoms with Crippen LogP contribution in [-0.2, 0) is 0 Å². The third kappa shape index (κ3) is 3.95. The molecule has 0 aromatic carbocycles. The first-order chi connectivity index (χ1) is 18.1. The topological polar surface area (TPSA) is 39.6 Å². The van der Waals surface area contributed by atoms with Crippen molar-refractivity contribution < 1.29 is 5.11 Å². The Labute approximate surface area is 231 Å². The lowest BCUT2D eigenvalue weighted by Crippen LogP contribution is -2.54. The molecule has 0 spiro atoms. The van der Waals surface area contributed by atoms with Crippen LogP contribution in [0.15, 0.2) is 47.2 Å². The lowest BCUT2D eigenvalue weighted by atomic mass is 9.46. The van der Waals surface area contributed by atoms with Gasteiger partial charge >= 0.3 is 0 Å². The number of rotatable bonds is 4. The first-order valence-corrected chi connectivity index (χ1v) is 15.6. The monoisotopic (exact) mass is 517 g/mol. The van der Waals surface area contributed by atoms with Gasteiger partial charge in [0, 0.05) is 38.4 Å². The second-order valence-electron chi connectivity index (χ2n) is 14.5. The summed E-state index contributed by atoms with van der Waals surface area (Å²) in [6.07, 6.45) is 12.8. The molecule has 38 heavy (non-hydrogen) atoms. The van der Waals surface area contributed by atoms with Crippen LogP contribution in [-0.4, -0.2) is 53.3 Å². The molecule has 1 unspecified atom stereocenters. The number of nitrogens with zero attached hydrogens (tertiary/aromatic N) is 3. The zero-order chi connectivity index (χ0) is 26.9. The zero-order valence-electron chi connectivity index (χ0n) is 24.8. The van der Waals surface area contributed by atoms with Gasteiger partial charge in [0.05, 0.1) is 6.10 Å². The van der Waals surface area contributed by atoms with Crippen molar-refractivity contribution in [3.05, 3.63) is 47.2 Å². The van der Waals surface area contributed by atoms with Gasteiger partial charge in [-0.05, 0) is 109 Å². The summed E-state index contributed by atoms with van der Waals surface area (Å²) >= 11 is 0. The Morgan fingerprint density at radius 3 is 2.42 bits per heavy atom. The molecule has 1 N–H and O–H groups in total. The highest BCUT2D eigenvalue weighted by Gasteiger charge is 2.57. The number of pyridine rings is 1. The second-order valence-corrected chi connectivity index (χ2v) is 14.5. The molecule has 7 atom stereocenters. The molecule has 6 rings (SSSR count). The van der Waals surface area contributed by atoms with Gasteiger partial charge < -0.3 is 10.0 Å². The van der Waals surface area contributed by atoms with Crippen LogP contribution in [0.1, 0.15) is 86.5 Å². The van der Waals surface area contributed by atoms with E-state index in [-0.39, 0.29) is 16.9 Å². The van der Waals surface area contributed by atoms with Gasteiger partial charge in [0.2, 0.25) is 0 Å². The van der Waals surface area contributed by atoms with E-state index in [0.29, 0.717) is 23.3 Å². The Hall–Kier alpha value is -1.65. The molecule has 1 saturated heterocycles. The minimum Gasteiger partial charge on any atom is -0.393 e. The van der Waals surface area contributed by atoms with Crippen molar-refractivity contribution in [2.75, 3.05) is 31.1 Å². The minimum absolute atomic E-state index is 0.0173. The summed E-state index contributed by atoms with van der Waals surface area (Å²) in [5, 5.41) is 10.9. The first kappa shape index (κ1) is 26.6. The lowest BCUT2D eigenvalue weighted by molar-refractivity contribution is -0.0906. The van der Waals surface area contributed by atoms with Crippen LogP contribution in [0, 0.1) is 34.0 Å². The number of aromatic nitrogens is 1. The maximum atomic E-state index is 10.9. The van der Waals surface area contributed by atoms with Crippen molar-refractivity contribution in [2.24, 2.45) is 34.0 Å². The largest absolute Gasteiger partial charge is 0.393 e. The minimum atomic E-state index is -0.153.